The van der Waals surface area contributed by atoms with E-state index in [0.717, 1.165) is 10.6 Å². The topological polar surface area (TPSA) is 108 Å². The van der Waals surface area contributed by atoms with Crippen molar-refractivity contribution in [2.45, 2.75) is 6.92 Å². The average molecular weight is 578 g/mol. The van der Waals surface area contributed by atoms with Crippen molar-refractivity contribution in [3.8, 4) is 0 Å². The number of hydrogen-bond donors (Lipinski definition) is 2. The summed E-state index contributed by atoms with van der Waals surface area (Å²) in [5.41, 5.74) is 4.80. The molecule has 3 aromatic rings. The van der Waals surface area contributed by atoms with Crippen LogP contribution in [0.25, 0.3) is 0 Å². The molecule has 0 saturated heterocycles. The van der Waals surface area contributed by atoms with E-state index in [-0.39, 0.29) is 5.91 Å². The van der Waals surface area contributed by atoms with Gasteiger partial charge in [-0.1, -0.05) is 41.9 Å². The number of anilines is 2. The second kappa shape index (κ2) is 11.5. The zero-order valence-electron chi connectivity index (χ0n) is 18.8. The van der Waals surface area contributed by atoms with Crippen molar-refractivity contribution in [2.75, 3.05) is 22.4 Å². The number of amides is 2. The van der Waals surface area contributed by atoms with E-state index < -0.39 is 22.5 Å². The maximum absolute atomic E-state index is 12.5. The molecule has 11 heteroatoms. The van der Waals surface area contributed by atoms with Crippen molar-refractivity contribution in [2.24, 2.45) is 5.10 Å². The molecule has 3 aromatic carbocycles. The van der Waals surface area contributed by atoms with Crippen LogP contribution in [0.2, 0.25) is 5.02 Å². The van der Waals surface area contributed by atoms with Crippen LogP contribution in [0, 0.1) is 0 Å². The quantitative estimate of drug-likeness (QED) is 0.300. The normalized spacial score (nSPS) is 11.6. The first-order chi connectivity index (χ1) is 16.5. The summed E-state index contributed by atoms with van der Waals surface area (Å²) in [6.07, 6.45) is 1.03. The van der Waals surface area contributed by atoms with Gasteiger partial charge in [-0.25, -0.2) is 13.8 Å². The zero-order chi connectivity index (χ0) is 25.6. The molecule has 35 heavy (non-hydrogen) atoms. The molecule has 0 spiro atoms. The molecule has 0 aliphatic rings. The van der Waals surface area contributed by atoms with Crippen LogP contribution in [0.1, 0.15) is 22.8 Å². The minimum absolute atomic E-state index is 0.319. The number of benzene rings is 3. The molecule has 182 valence electrons. The van der Waals surface area contributed by atoms with Crippen LogP contribution in [0.5, 0.6) is 0 Å². The Kier molecular flexibility index (Phi) is 8.66. The van der Waals surface area contributed by atoms with Crippen LogP contribution < -0.4 is 15.0 Å². The summed E-state index contributed by atoms with van der Waals surface area (Å²) in [4.78, 5) is 25.0. The number of nitrogens with one attached hydrogen (secondary N) is 2. The summed E-state index contributed by atoms with van der Waals surface area (Å²) < 4.78 is 26.1. The molecule has 8 nitrogen and oxygen atoms in total. The van der Waals surface area contributed by atoms with E-state index in [4.69, 9.17) is 11.6 Å². The average Bonchev–Trinajstić information content (AvgIpc) is 2.81. The lowest BCUT2D eigenvalue weighted by molar-refractivity contribution is -0.119. The Morgan fingerprint density at radius 1 is 1.00 bits per heavy atom. The molecule has 0 aliphatic heterocycles. The summed E-state index contributed by atoms with van der Waals surface area (Å²) >= 11 is 9.26. The SMILES string of the molecule is CC(=NNC(=O)CN(c1ccccc1Br)S(C)(=O)=O)c1cccc(NC(=O)c2cccc(Cl)c2)c1. The van der Waals surface area contributed by atoms with Gasteiger partial charge in [-0.05, 0) is 70.9 Å². The lowest BCUT2D eigenvalue weighted by Gasteiger charge is -2.22. The zero-order valence-corrected chi connectivity index (χ0v) is 22.0. The predicted octanol–water partition coefficient (Wildman–Crippen LogP) is 4.66. The first-order valence-corrected chi connectivity index (χ1v) is 13.3. The van der Waals surface area contributed by atoms with E-state index in [0.29, 0.717) is 37.7 Å². The number of para-hydroxylation sites is 1. The van der Waals surface area contributed by atoms with Crippen LogP contribution in [0.15, 0.2) is 82.4 Å². The Hall–Kier alpha value is -3.21. The highest BCUT2D eigenvalue weighted by Gasteiger charge is 2.22. The first-order valence-electron chi connectivity index (χ1n) is 10.3. The Morgan fingerprint density at radius 3 is 2.37 bits per heavy atom. The summed E-state index contributed by atoms with van der Waals surface area (Å²) in [5.74, 6) is -0.934. The van der Waals surface area contributed by atoms with Gasteiger partial charge in [0, 0.05) is 20.7 Å². The van der Waals surface area contributed by atoms with Crippen LogP contribution in [0.3, 0.4) is 0 Å². The predicted molar refractivity (Wildman–Crippen MR) is 143 cm³/mol. The van der Waals surface area contributed by atoms with Crippen LogP contribution in [0.4, 0.5) is 11.4 Å². The van der Waals surface area contributed by atoms with Crippen molar-refractivity contribution >= 4 is 66.5 Å². The van der Waals surface area contributed by atoms with E-state index in [1.165, 1.54) is 0 Å². The second-order valence-corrected chi connectivity index (χ2v) is 10.7. The number of carbonyl (C=O) groups excluding carboxylic acids is 2. The molecule has 0 saturated carbocycles. The number of hydrazone groups is 1. The van der Waals surface area contributed by atoms with E-state index in [1.54, 1.807) is 79.7 Å². The van der Waals surface area contributed by atoms with Crippen LogP contribution in [-0.2, 0) is 14.8 Å². The molecule has 0 atom stereocenters. The molecule has 2 amide bonds. The van der Waals surface area contributed by atoms with Gasteiger partial charge in [0.25, 0.3) is 11.8 Å². The van der Waals surface area contributed by atoms with Crippen molar-refractivity contribution in [1.82, 2.24) is 5.43 Å². The number of hydrogen-bond acceptors (Lipinski definition) is 5. The summed E-state index contributed by atoms with van der Waals surface area (Å²) in [7, 11) is -3.72. The lowest BCUT2D eigenvalue weighted by Crippen LogP contribution is -2.39. The number of carbonyl (C=O) groups is 2. The van der Waals surface area contributed by atoms with Crippen molar-refractivity contribution < 1.29 is 18.0 Å². The van der Waals surface area contributed by atoms with Crippen molar-refractivity contribution in [1.29, 1.82) is 0 Å². The van der Waals surface area contributed by atoms with Crippen LogP contribution >= 0.6 is 27.5 Å². The van der Waals surface area contributed by atoms with E-state index >= 15 is 0 Å². The molecule has 0 unspecified atom stereocenters. The Bertz CT molecular complexity index is 1400. The monoisotopic (exact) mass is 576 g/mol. The van der Waals surface area contributed by atoms with E-state index in [1.807, 2.05) is 0 Å². The van der Waals surface area contributed by atoms with Gasteiger partial charge in [0.05, 0.1) is 17.7 Å². The molecule has 0 bridgehead atoms. The third-order valence-corrected chi connectivity index (χ3v) is 6.81. The highest BCUT2D eigenvalue weighted by atomic mass is 79.9. The molecular formula is C24H22BrClN4O4S. The summed E-state index contributed by atoms with van der Waals surface area (Å²) in [5, 5.41) is 7.34. The molecule has 0 fully saturated rings. The van der Waals surface area contributed by atoms with Gasteiger partial charge in [-0.15, -0.1) is 0 Å². The van der Waals surface area contributed by atoms with Crippen LogP contribution in [-0.4, -0.2) is 38.7 Å². The fourth-order valence-electron chi connectivity index (χ4n) is 3.07. The summed E-state index contributed by atoms with van der Waals surface area (Å²) in [6, 6.07) is 20.2. The third kappa shape index (κ3) is 7.38. The molecule has 2 N–H and O–H groups in total. The number of sulfonamides is 1. The van der Waals surface area contributed by atoms with Crippen molar-refractivity contribution in [3.05, 3.63) is 93.4 Å². The Balaban J connectivity index is 1.70. The standard InChI is InChI=1S/C24H22BrClN4O4S/c1-16(17-7-6-10-20(14-17)27-24(32)18-8-5-9-19(26)13-18)28-29-23(31)15-30(35(2,33)34)22-12-4-3-11-21(22)25/h3-14H,15H2,1-2H3,(H,27,32)(H,29,31). The third-order valence-electron chi connectivity index (χ3n) is 4.78. The fraction of sp³-hybridized carbons (Fsp3) is 0.125. The fourth-order valence-corrected chi connectivity index (χ4v) is 4.74. The number of nitrogens with zero attached hydrogens (tertiary/aromatic N) is 2. The van der Waals surface area contributed by atoms with Gasteiger partial charge < -0.3 is 5.32 Å². The lowest BCUT2D eigenvalue weighted by atomic mass is 10.1. The van der Waals surface area contributed by atoms with E-state index in [2.05, 4.69) is 31.8 Å². The Morgan fingerprint density at radius 2 is 1.69 bits per heavy atom. The van der Waals surface area contributed by atoms with Gasteiger partial charge >= 0.3 is 0 Å². The maximum Gasteiger partial charge on any atom is 0.260 e. The molecular weight excluding hydrogens is 556 g/mol. The summed E-state index contributed by atoms with van der Waals surface area (Å²) in [6.45, 7) is 1.23. The van der Waals surface area contributed by atoms with Gasteiger partial charge in [0.15, 0.2) is 0 Å². The minimum atomic E-state index is -3.72. The second-order valence-electron chi connectivity index (χ2n) is 7.50. The highest BCUT2D eigenvalue weighted by Crippen LogP contribution is 2.27. The maximum atomic E-state index is 12.5. The van der Waals surface area contributed by atoms with Crippen molar-refractivity contribution in [3.63, 3.8) is 0 Å². The smallest absolute Gasteiger partial charge is 0.260 e. The van der Waals surface area contributed by atoms with Gasteiger partial charge in [-0.3, -0.25) is 13.9 Å². The van der Waals surface area contributed by atoms with Gasteiger partial charge in [-0.2, -0.15) is 5.10 Å². The van der Waals surface area contributed by atoms with E-state index in [9.17, 15) is 18.0 Å². The molecule has 3 rings (SSSR count). The van der Waals surface area contributed by atoms with Gasteiger partial charge in [0.2, 0.25) is 10.0 Å². The first kappa shape index (κ1) is 26.4. The highest BCUT2D eigenvalue weighted by molar-refractivity contribution is 9.10. The minimum Gasteiger partial charge on any atom is -0.322 e. The molecule has 0 radical (unpaired) electrons. The molecule has 0 heterocycles. The molecule has 0 aliphatic carbocycles. The number of halogens is 2. The largest absolute Gasteiger partial charge is 0.322 e. The number of rotatable bonds is 8. The van der Waals surface area contributed by atoms with Gasteiger partial charge in [0.1, 0.15) is 6.54 Å². The molecule has 0 aromatic heterocycles. The Labute approximate surface area is 217 Å².